The van der Waals surface area contributed by atoms with Gasteiger partial charge in [0.15, 0.2) is 5.96 Å². The SMILES string of the molecule is CCCCCCCCCCC[C@@H](CNC)/C(=C/C(=O)O)CN=C(N)N. The zero-order valence-electron chi connectivity index (χ0n) is 16.1. The van der Waals surface area contributed by atoms with Crippen molar-refractivity contribution >= 4 is 11.9 Å². The Morgan fingerprint density at radius 3 is 2.12 bits per heavy atom. The molecule has 0 saturated heterocycles. The fourth-order valence-corrected chi connectivity index (χ4v) is 3.00. The lowest BCUT2D eigenvalue weighted by molar-refractivity contribution is -0.131. The Hall–Kier alpha value is -1.56. The highest BCUT2D eigenvalue weighted by molar-refractivity contribution is 5.81. The standard InChI is InChI=1S/C19H38N4O2/c1-3-4-5-6-7-8-9-10-11-12-16(14-22-2)17(13-18(24)25)15-23-19(20)21/h13,16,22H,3-12,14-15H2,1-2H3,(H,24,25)(H4,20,21,23)/b17-13+/t16-/m0/s1. The van der Waals surface area contributed by atoms with Gasteiger partial charge in [-0.05, 0) is 25.0 Å². The van der Waals surface area contributed by atoms with Gasteiger partial charge in [-0.2, -0.15) is 0 Å². The van der Waals surface area contributed by atoms with Gasteiger partial charge >= 0.3 is 5.97 Å². The molecule has 0 saturated carbocycles. The molecule has 0 spiro atoms. The van der Waals surface area contributed by atoms with Gasteiger partial charge in [-0.1, -0.05) is 64.7 Å². The number of carboxylic acid groups (broad SMARTS) is 1. The van der Waals surface area contributed by atoms with Crippen molar-refractivity contribution in [1.82, 2.24) is 5.32 Å². The van der Waals surface area contributed by atoms with Crippen LogP contribution in [0.3, 0.4) is 0 Å². The van der Waals surface area contributed by atoms with E-state index >= 15 is 0 Å². The zero-order chi connectivity index (χ0) is 18.9. The van der Waals surface area contributed by atoms with Crippen LogP contribution in [0.4, 0.5) is 0 Å². The average molecular weight is 355 g/mol. The van der Waals surface area contributed by atoms with Crippen LogP contribution in [0.25, 0.3) is 0 Å². The van der Waals surface area contributed by atoms with Gasteiger partial charge in [0, 0.05) is 12.6 Å². The number of nitrogens with zero attached hydrogens (tertiary/aromatic N) is 1. The van der Waals surface area contributed by atoms with Crippen molar-refractivity contribution < 1.29 is 9.90 Å². The predicted octanol–water partition coefficient (Wildman–Crippen LogP) is 3.03. The number of hydrogen-bond acceptors (Lipinski definition) is 3. The number of carbonyl (C=O) groups is 1. The lowest BCUT2D eigenvalue weighted by Crippen LogP contribution is -2.26. The molecule has 0 fully saturated rings. The summed E-state index contributed by atoms with van der Waals surface area (Å²) in [6.45, 7) is 3.22. The van der Waals surface area contributed by atoms with Crippen LogP contribution in [0.2, 0.25) is 0 Å². The maximum Gasteiger partial charge on any atom is 0.328 e. The van der Waals surface area contributed by atoms with E-state index in [0.29, 0.717) is 0 Å². The van der Waals surface area contributed by atoms with E-state index in [1.165, 1.54) is 57.4 Å². The monoisotopic (exact) mass is 354 g/mol. The van der Waals surface area contributed by atoms with Crippen LogP contribution < -0.4 is 16.8 Å². The van der Waals surface area contributed by atoms with E-state index in [4.69, 9.17) is 16.6 Å². The molecular weight excluding hydrogens is 316 g/mol. The molecule has 0 aliphatic rings. The van der Waals surface area contributed by atoms with Crippen LogP contribution in [0.5, 0.6) is 0 Å². The molecule has 0 bridgehead atoms. The third kappa shape index (κ3) is 14.5. The Kier molecular flexibility index (Phi) is 14.9. The minimum Gasteiger partial charge on any atom is -0.478 e. The number of aliphatic carboxylic acids is 1. The molecule has 0 aromatic carbocycles. The highest BCUT2D eigenvalue weighted by atomic mass is 16.4. The summed E-state index contributed by atoms with van der Waals surface area (Å²) in [6, 6.07) is 0. The molecule has 6 heteroatoms. The van der Waals surface area contributed by atoms with E-state index in [9.17, 15) is 4.79 Å². The Labute approximate surface area is 153 Å². The Bertz CT molecular complexity index is 404. The fraction of sp³-hybridized carbons (Fsp3) is 0.789. The van der Waals surface area contributed by atoms with E-state index in [1.54, 1.807) is 0 Å². The number of nitrogens with two attached hydrogens (primary N) is 2. The maximum atomic E-state index is 11.1. The molecule has 0 aliphatic carbocycles. The quantitative estimate of drug-likeness (QED) is 0.147. The smallest absolute Gasteiger partial charge is 0.328 e. The van der Waals surface area contributed by atoms with Crippen molar-refractivity contribution in [3.63, 3.8) is 0 Å². The number of nitrogens with one attached hydrogen (secondary N) is 1. The lowest BCUT2D eigenvalue weighted by atomic mass is 9.92. The van der Waals surface area contributed by atoms with Crippen LogP contribution >= 0.6 is 0 Å². The maximum absolute atomic E-state index is 11.1. The molecule has 0 aliphatic heterocycles. The first kappa shape index (κ1) is 23.4. The highest BCUT2D eigenvalue weighted by Gasteiger charge is 2.15. The van der Waals surface area contributed by atoms with Crippen molar-refractivity contribution in [2.75, 3.05) is 20.1 Å². The second-order valence-electron chi connectivity index (χ2n) is 6.67. The first-order valence-corrected chi connectivity index (χ1v) is 9.64. The third-order valence-corrected chi connectivity index (χ3v) is 4.38. The summed E-state index contributed by atoms with van der Waals surface area (Å²) in [6.07, 6.45) is 13.7. The van der Waals surface area contributed by atoms with Crippen LogP contribution in [-0.4, -0.2) is 37.2 Å². The predicted molar refractivity (Wildman–Crippen MR) is 106 cm³/mol. The van der Waals surface area contributed by atoms with Gasteiger partial charge in [0.2, 0.25) is 0 Å². The van der Waals surface area contributed by atoms with Gasteiger partial charge in [0.25, 0.3) is 0 Å². The van der Waals surface area contributed by atoms with Crippen molar-refractivity contribution in [2.24, 2.45) is 22.4 Å². The highest BCUT2D eigenvalue weighted by Crippen LogP contribution is 2.20. The largest absolute Gasteiger partial charge is 0.478 e. The first-order chi connectivity index (χ1) is 12.0. The van der Waals surface area contributed by atoms with Crippen LogP contribution in [0, 0.1) is 5.92 Å². The molecule has 1 atom stereocenters. The van der Waals surface area contributed by atoms with Gasteiger partial charge < -0.3 is 21.9 Å². The zero-order valence-corrected chi connectivity index (χ0v) is 16.1. The molecule has 6 nitrogen and oxygen atoms in total. The van der Waals surface area contributed by atoms with Crippen LogP contribution in [-0.2, 0) is 4.79 Å². The minimum absolute atomic E-state index is 0.0115. The number of carboxylic acids is 1. The number of aliphatic imine (C=N–C) groups is 1. The topological polar surface area (TPSA) is 114 Å². The van der Waals surface area contributed by atoms with Gasteiger partial charge in [-0.3, -0.25) is 0 Å². The fourth-order valence-electron chi connectivity index (χ4n) is 3.00. The Morgan fingerprint density at radius 2 is 1.64 bits per heavy atom. The average Bonchev–Trinajstić information content (AvgIpc) is 2.55. The lowest BCUT2D eigenvalue weighted by Gasteiger charge is -2.19. The molecule has 25 heavy (non-hydrogen) atoms. The second-order valence-corrected chi connectivity index (χ2v) is 6.67. The van der Waals surface area contributed by atoms with E-state index < -0.39 is 5.97 Å². The number of rotatable bonds is 16. The molecular formula is C19H38N4O2. The van der Waals surface area contributed by atoms with Crippen molar-refractivity contribution in [3.05, 3.63) is 11.6 Å². The number of hydrogen-bond donors (Lipinski definition) is 4. The van der Waals surface area contributed by atoms with Gasteiger partial charge in [0.05, 0.1) is 6.54 Å². The Morgan fingerprint density at radius 1 is 1.08 bits per heavy atom. The van der Waals surface area contributed by atoms with E-state index in [2.05, 4.69) is 17.2 Å². The van der Waals surface area contributed by atoms with Gasteiger partial charge in [-0.25, -0.2) is 9.79 Å². The summed E-state index contributed by atoms with van der Waals surface area (Å²) in [5, 5.41) is 12.2. The van der Waals surface area contributed by atoms with Gasteiger partial charge in [0.1, 0.15) is 0 Å². The summed E-state index contributed by atoms with van der Waals surface area (Å²) in [7, 11) is 1.88. The van der Waals surface area contributed by atoms with E-state index in [1.807, 2.05) is 7.05 Å². The number of unbranched alkanes of at least 4 members (excludes halogenated alkanes) is 8. The number of guanidine groups is 1. The van der Waals surface area contributed by atoms with Crippen molar-refractivity contribution in [1.29, 1.82) is 0 Å². The summed E-state index contributed by atoms with van der Waals surface area (Å²) in [4.78, 5) is 15.1. The van der Waals surface area contributed by atoms with Crippen LogP contribution in [0.1, 0.15) is 71.1 Å². The minimum atomic E-state index is -0.950. The van der Waals surface area contributed by atoms with Crippen LogP contribution in [0.15, 0.2) is 16.6 Å². The molecule has 6 N–H and O–H groups in total. The molecule has 0 rings (SSSR count). The van der Waals surface area contributed by atoms with Crippen molar-refractivity contribution in [2.45, 2.75) is 71.1 Å². The molecule has 0 aromatic rings. The summed E-state index contributed by atoms with van der Waals surface area (Å²) < 4.78 is 0. The summed E-state index contributed by atoms with van der Waals surface area (Å²) in [5.41, 5.74) is 11.5. The summed E-state index contributed by atoms with van der Waals surface area (Å²) in [5.74, 6) is -0.815. The molecule has 0 radical (unpaired) electrons. The summed E-state index contributed by atoms with van der Waals surface area (Å²) >= 11 is 0. The second kappa shape index (κ2) is 15.9. The molecule has 0 aromatic heterocycles. The Balaban J connectivity index is 4.27. The van der Waals surface area contributed by atoms with Crippen molar-refractivity contribution in [3.8, 4) is 0 Å². The molecule has 0 amide bonds. The molecule has 0 unspecified atom stereocenters. The van der Waals surface area contributed by atoms with Gasteiger partial charge in [-0.15, -0.1) is 0 Å². The van der Waals surface area contributed by atoms with E-state index in [0.717, 1.165) is 25.0 Å². The normalized spacial score (nSPS) is 12.8. The van der Waals surface area contributed by atoms with E-state index in [-0.39, 0.29) is 18.4 Å². The first-order valence-electron chi connectivity index (χ1n) is 9.64. The molecule has 146 valence electrons. The molecule has 0 heterocycles. The third-order valence-electron chi connectivity index (χ3n) is 4.38.